The van der Waals surface area contributed by atoms with Crippen LogP contribution in [0.5, 0.6) is 0 Å². The number of rotatable bonds is 4. The molecule has 0 aliphatic rings. The van der Waals surface area contributed by atoms with E-state index in [9.17, 15) is 4.39 Å². The van der Waals surface area contributed by atoms with Gasteiger partial charge in [-0.15, -0.1) is 0 Å². The van der Waals surface area contributed by atoms with Crippen LogP contribution < -0.4 is 0 Å². The Morgan fingerprint density at radius 1 is 1.56 bits per heavy atom. The number of hydrogen-bond acceptors (Lipinski definition) is 2. The van der Waals surface area contributed by atoms with E-state index in [-0.39, 0.29) is 11.9 Å². The Hall–Kier alpha value is -1.11. The van der Waals surface area contributed by atoms with Crippen molar-refractivity contribution < 1.29 is 4.39 Å². The average molecular weight is 241 g/mol. The average Bonchev–Trinajstić information content (AvgIpc) is 2.23. The zero-order valence-corrected chi connectivity index (χ0v) is 10.1. The number of halogens is 2. The third-order valence-electron chi connectivity index (χ3n) is 2.61. The van der Waals surface area contributed by atoms with Crippen LogP contribution >= 0.6 is 11.6 Å². The Morgan fingerprint density at radius 3 is 2.81 bits per heavy atom. The molecule has 0 aromatic heterocycles. The van der Waals surface area contributed by atoms with E-state index in [0.29, 0.717) is 23.6 Å². The van der Waals surface area contributed by atoms with Crippen LogP contribution in [0.2, 0.25) is 5.02 Å². The minimum absolute atomic E-state index is 0.0840. The molecular weight excluding hydrogens is 227 g/mol. The number of nitrogens with zero attached hydrogens (tertiary/aromatic N) is 2. The van der Waals surface area contributed by atoms with Gasteiger partial charge in [0.1, 0.15) is 5.82 Å². The lowest BCUT2D eigenvalue weighted by Crippen LogP contribution is -2.28. The molecule has 0 spiro atoms. The van der Waals surface area contributed by atoms with Gasteiger partial charge in [0.25, 0.3) is 0 Å². The van der Waals surface area contributed by atoms with Crippen LogP contribution in [0, 0.1) is 17.1 Å². The van der Waals surface area contributed by atoms with Gasteiger partial charge in [-0.3, -0.25) is 4.90 Å². The summed E-state index contributed by atoms with van der Waals surface area (Å²) in [5.74, 6) is -0.302. The van der Waals surface area contributed by atoms with Crippen molar-refractivity contribution in [3.63, 3.8) is 0 Å². The van der Waals surface area contributed by atoms with Crippen LogP contribution in [0.1, 0.15) is 18.9 Å². The molecule has 1 atom stereocenters. The summed E-state index contributed by atoms with van der Waals surface area (Å²) in [5.41, 5.74) is 0.483. The van der Waals surface area contributed by atoms with E-state index in [1.807, 2.05) is 18.9 Å². The summed E-state index contributed by atoms with van der Waals surface area (Å²) in [6.07, 6.45) is 0.419. The fourth-order valence-electron chi connectivity index (χ4n) is 1.38. The van der Waals surface area contributed by atoms with Gasteiger partial charge in [-0.05, 0) is 26.1 Å². The highest BCUT2D eigenvalue weighted by molar-refractivity contribution is 6.31. The van der Waals surface area contributed by atoms with Crippen LogP contribution in [0.15, 0.2) is 18.2 Å². The molecule has 1 aromatic rings. The monoisotopic (exact) mass is 240 g/mol. The second-order valence-electron chi connectivity index (χ2n) is 3.83. The van der Waals surface area contributed by atoms with Crippen molar-refractivity contribution >= 4 is 11.6 Å². The maximum absolute atomic E-state index is 13.5. The van der Waals surface area contributed by atoms with Crippen LogP contribution in [0.25, 0.3) is 0 Å². The first kappa shape index (κ1) is 13.0. The minimum atomic E-state index is -0.302. The molecular formula is C12H14ClFN2. The third kappa shape index (κ3) is 3.19. The summed E-state index contributed by atoms with van der Waals surface area (Å²) in [4.78, 5) is 1.91. The Bertz CT molecular complexity index is 380. The van der Waals surface area contributed by atoms with Gasteiger partial charge in [0, 0.05) is 23.2 Å². The lowest BCUT2D eigenvalue weighted by Gasteiger charge is -2.23. The maximum Gasteiger partial charge on any atom is 0.129 e. The zero-order chi connectivity index (χ0) is 12.1. The van der Waals surface area contributed by atoms with E-state index in [1.54, 1.807) is 12.1 Å². The third-order valence-corrected chi connectivity index (χ3v) is 2.96. The lowest BCUT2D eigenvalue weighted by molar-refractivity contribution is 0.249. The molecule has 16 heavy (non-hydrogen) atoms. The smallest absolute Gasteiger partial charge is 0.129 e. The van der Waals surface area contributed by atoms with Gasteiger partial charge < -0.3 is 0 Å². The van der Waals surface area contributed by atoms with Gasteiger partial charge in [0.15, 0.2) is 0 Å². The van der Waals surface area contributed by atoms with Gasteiger partial charge in [-0.1, -0.05) is 17.7 Å². The molecule has 0 aliphatic carbocycles. The SMILES string of the molecule is CC(CC#N)N(C)Cc1c(F)cccc1Cl. The fourth-order valence-corrected chi connectivity index (χ4v) is 1.60. The van der Waals surface area contributed by atoms with Crippen molar-refractivity contribution in [2.75, 3.05) is 7.05 Å². The maximum atomic E-state index is 13.5. The first-order valence-electron chi connectivity index (χ1n) is 5.06. The summed E-state index contributed by atoms with van der Waals surface area (Å²) in [6, 6.07) is 6.82. The van der Waals surface area contributed by atoms with Crippen LogP contribution in [-0.4, -0.2) is 18.0 Å². The Balaban J connectivity index is 2.77. The van der Waals surface area contributed by atoms with Crippen molar-refractivity contribution in [2.24, 2.45) is 0 Å². The second-order valence-corrected chi connectivity index (χ2v) is 4.23. The summed E-state index contributed by atoms with van der Waals surface area (Å²) < 4.78 is 13.5. The molecule has 0 N–H and O–H groups in total. The number of benzene rings is 1. The summed E-state index contributed by atoms with van der Waals surface area (Å²) in [5, 5.41) is 9.01. The predicted molar refractivity (Wildman–Crippen MR) is 62.6 cm³/mol. The molecule has 0 radical (unpaired) electrons. The molecule has 2 nitrogen and oxygen atoms in total. The molecule has 0 bridgehead atoms. The molecule has 0 amide bonds. The van der Waals surface area contributed by atoms with Crippen molar-refractivity contribution in [1.82, 2.24) is 4.90 Å². The molecule has 1 aromatic carbocycles. The fraction of sp³-hybridized carbons (Fsp3) is 0.417. The standard InChI is InChI=1S/C12H14ClFN2/c1-9(6-7-15)16(2)8-10-11(13)4-3-5-12(10)14/h3-5,9H,6,8H2,1-2H3. The Labute approximate surface area is 100 Å². The van der Waals surface area contributed by atoms with E-state index in [1.165, 1.54) is 6.07 Å². The quantitative estimate of drug-likeness (QED) is 0.808. The first-order valence-corrected chi connectivity index (χ1v) is 5.44. The molecule has 0 saturated heterocycles. The van der Waals surface area contributed by atoms with Crippen LogP contribution in [0.3, 0.4) is 0 Å². The largest absolute Gasteiger partial charge is 0.298 e. The Morgan fingerprint density at radius 2 is 2.25 bits per heavy atom. The molecule has 86 valence electrons. The molecule has 0 fully saturated rings. The number of nitriles is 1. The second kappa shape index (κ2) is 5.83. The highest BCUT2D eigenvalue weighted by Gasteiger charge is 2.13. The minimum Gasteiger partial charge on any atom is -0.298 e. The first-order chi connectivity index (χ1) is 7.56. The summed E-state index contributed by atoms with van der Waals surface area (Å²) >= 11 is 5.92. The van der Waals surface area contributed by atoms with E-state index < -0.39 is 0 Å². The van der Waals surface area contributed by atoms with E-state index >= 15 is 0 Å². The van der Waals surface area contributed by atoms with E-state index in [0.717, 1.165) is 0 Å². The Kier molecular flexibility index (Phi) is 4.72. The highest BCUT2D eigenvalue weighted by atomic mass is 35.5. The summed E-state index contributed by atoms with van der Waals surface area (Å²) in [7, 11) is 1.85. The van der Waals surface area contributed by atoms with Gasteiger partial charge in [0.2, 0.25) is 0 Å². The van der Waals surface area contributed by atoms with Gasteiger partial charge in [-0.2, -0.15) is 5.26 Å². The topological polar surface area (TPSA) is 27.0 Å². The molecule has 1 unspecified atom stereocenters. The normalized spacial score (nSPS) is 12.5. The lowest BCUT2D eigenvalue weighted by atomic mass is 10.1. The van der Waals surface area contributed by atoms with Crippen molar-refractivity contribution in [3.8, 4) is 6.07 Å². The molecule has 4 heteroatoms. The predicted octanol–water partition coefficient (Wildman–Crippen LogP) is 3.21. The van der Waals surface area contributed by atoms with E-state index in [2.05, 4.69) is 6.07 Å². The van der Waals surface area contributed by atoms with Crippen molar-refractivity contribution in [3.05, 3.63) is 34.6 Å². The van der Waals surface area contributed by atoms with Crippen LogP contribution in [0.4, 0.5) is 4.39 Å². The molecule has 0 heterocycles. The van der Waals surface area contributed by atoms with Gasteiger partial charge >= 0.3 is 0 Å². The van der Waals surface area contributed by atoms with Crippen LogP contribution in [-0.2, 0) is 6.54 Å². The molecule has 0 saturated carbocycles. The molecule has 1 rings (SSSR count). The van der Waals surface area contributed by atoms with Gasteiger partial charge in [-0.25, -0.2) is 4.39 Å². The zero-order valence-electron chi connectivity index (χ0n) is 9.37. The highest BCUT2D eigenvalue weighted by Crippen LogP contribution is 2.21. The summed E-state index contributed by atoms with van der Waals surface area (Å²) in [6.45, 7) is 2.34. The number of hydrogen-bond donors (Lipinski definition) is 0. The van der Waals surface area contributed by atoms with Crippen molar-refractivity contribution in [1.29, 1.82) is 5.26 Å². The molecule has 0 aliphatic heterocycles. The van der Waals surface area contributed by atoms with E-state index in [4.69, 9.17) is 16.9 Å². The van der Waals surface area contributed by atoms with Crippen molar-refractivity contribution in [2.45, 2.75) is 25.9 Å². The van der Waals surface area contributed by atoms with Gasteiger partial charge in [0.05, 0.1) is 12.5 Å².